The molecule has 1 aromatic carbocycles. The third kappa shape index (κ3) is 4.03. The molecular weight excluding hydrogens is 435 g/mol. The van der Waals surface area contributed by atoms with Gasteiger partial charge in [0.05, 0.1) is 10.6 Å². The SMILES string of the molecule is CC(C)c1c(C(=O)NCCc2nccn2C)cn2nc(-c3ccc(Cl)c(F)c3)[nH]c(=O)c12. The number of carbonyl (C=O) groups excluding carboxylic acids is 1. The molecule has 0 unspecified atom stereocenters. The summed E-state index contributed by atoms with van der Waals surface area (Å²) in [6.45, 7) is 4.20. The van der Waals surface area contributed by atoms with Gasteiger partial charge in [0.2, 0.25) is 0 Å². The van der Waals surface area contributed by atoms with Gasteiger partial charge >= 0.3 is 0 Å². The highest BCUT2D eigenvalue weighted by Crippen LogP contribution is 2.26. The van der Waals surface area contributed by atoms with Gasteiger partial charge in [0.1, 0.15) is 17.2 Å². The van der Waals surface area contributed by atoms with Gasteiger partial charge in [-0.05, 0) is 24.1 Å². The van der Waals surface area contributed by atoms with E-state index in [2.05, 4.69) is 20.4 Å². The van der Waals surface area contributed by atoms with Crippen LogP contribution in [0.1, 0.15) is 41.5 Å². The highest BCUT2D eigenvalue weighted by Gasteiger charge is 2.23. The minimum Gasteiger partial charge on any atom is -0.352 e. The van der Waals surface area contributed by atoms with Crippen LogP contribution in [0, 0.1) is 5.82 Å². The number of H-pyrrole nitrogens is 1. The van der Waals surface area contributed by atoms with Crippen LogP contribution in [0.3, 0.4) is 0 Å². The van der Waals surface area contributed by atoms with Crippen LogP contribution in [-0.4, -0.2) is 36.6 Å². The molecular formula is C22H22ClFN6O2. The number of rotatable bonds is 6. The molecule has 0 fully saturated rings. The van der Waals surface area contributed by atoms with E-state index in [9.17, 15) is 14.0 Å². The zero-order valence-electron chi connectivity index (χ0n) is 17.8. The second-order valence-electron chi connectivity index (χ2n) is 7.80. The maximum absolute atomic E-state index is 13.9. The fraction of sp³-hybridized carbons (Fsp3) is 0.273. The Kier molecular flexibility index (Phi) is 5.84. The first-order valence-corrected chi connectivity index (χ1v) is 10.5. The summed E-state index contributed by atoms with van der Waals surface area (Å²) in [5.41, 5.74) is 1.21. The molecule has 0 saturated carbocycles. The number of nitrogens with zero attached hydrogens (tertiary/aromatic N) is 4. The van der Waals surface area contributed by atoms with Crippen molar-refractivity contribution in [1.82, 2.24) is 29.5 Å². The lowest BCUT2D eigenvalue weighted by Gasteiger charge is -2.09. The Hall–Kier alpha value is -3.46. The standard InChI is InChI=1S/C22H22ClFN6O2/c1-12(2)18-14(21(31)26-7-6-17-25-8-9-29(17)3)11-30-19(18)22(32)27-20(28-30)13-4-5-15(23)16(24)10-13/h4-5,8-12H,6-7H2,1-3H3,(H,26,31)(H,27,28,32). The molecule has 3 aromatic heterocycles. The average Bonchev–Trinajstić information content (AvgIpc) is 3.34. The first-order valence-electron chi connectivity index (χ1n) is 10.1. The lowest BCUT2D eigenvalue weighted by molar-refractivity contribution is 0.0952. The van der Waals surface area contributed by atoms with Crippen LogP contribution < -0.4 is 10.9 Å². The molecule has 4 aromatic rings. The summed E-state index contributed by atoms with van der Waals surface area (Å²) in [7, 11) is 1.89. The van der Waals surface area contributed by atoms with Crippen LogP contribution in [-0.2, 0) is 13.5 Å². The Labute approximate surface area is 188 Å². The lowest BCUT2D eigenvalue weighted by Crippen LogP contribution is -2.27. The summed E-state index contributed by atoms with van der Waals surface area (Å²) in [6, 6.07) is 4.16. The summed E-state index contributed by atoms with van der Waals surface area (Å²) in [6.07, 6.45) is 5.66. The fourth-order valence-electron chi connectivity index (χ4n) is 3.67. The molecule has 0 aliphatic rings. The van der Waals surface area contributed by atoms with E-state index in [0.29, 0.717) is 29.7 Å². The number of aryl methyl sites for hydroxylation is 1. The maximum Gasteiger partial charge on any atom is 0.275 e. The van der Waals surface area contributed by atoms with Gasteiger partial charge in [-0.3, -0.25) is 9.59 Å². The number of amides is 1. The Morgan fingerprint density at radius 2 is 2.12 bits per heavy atom. The topological polar surface area (TPSA) is 97.1 Å². The van der Waals surface area contributed by atoms with Gasteiger partial charge < -0.3 is 14.9 Å². The summed E-state index contributed by atoms with van der Waals surface area (Å²) in [4.78, 5) is 32.8. The van der Waals surface area contributed by atoms with Crippen molar-refractivity contribution < 1.29 is 9.18 Å². The fourth-order valence-corrected chi connectivity index (χ4v) is 3.79. The van der Waals surface area contributed by atoms with E-state index in [0.717, 1.165) is 5.82 Å². The highest BCUT2D eigenvalue weighted by molar-refractivity contribution is 6.30. The number of imidazole rings is 1. The Balaban J connectivity index is 1.69. The maximum atomic E-state index is 13.9. The Morgan fingerprint density at radius 3 is 2.78 bits per heavy atom. The molecule has 0 spiro atoms. The van der Waals surface area contributed by atoms with E-state index in [-0.39, 0.29) is 28.2 Å². The highest BCUT2D eigenvalue weighted by atomic mass is 35.5. The van der Waals surface area contributed by atoms with Crippen molar-refractivity contribution in [2.24, 2.45) is 7.05 Å². The largest absolute Gasteiger partial charge is 0.352 e. The van der Waals surface area contributed by atoms with Gasteiger partial charge in [0.15, 0.2) is 5.82 Å². The van der Waals surface area contributed by atoms with Crippen LogP contribution in [0.25, 0.3) is 16.9 Å². The summed E-state index contributed by atoms with van der Waals surface area (Å²) < 4.78 is 17.2. The number of nitrogens with one attached hydrogen (secondary N) is 2. The van der Waals surface area contributed by atoms with E-state index in [4.69, 9.17) is 11.6 Å². The normalized spacial score (nSPS) is 11.4. The number of benzene rings is 1. The first kappa shape index (κ1) is 21.8. The van der Waals surface area contributed by atoms with Crippen molar-refractivity contribution in [3.05, 3.63) is 74.9 Å². The molecule has 166 valence electrons. The summed E-state index contributed by atoms with van der Waals surface area (Å²) in [5, 5.41) is 7.28. The third-order valence-electron chi connectivity index (χ3n) is 5.25. The Morgan fingerprint density at radius 1 is 1.34 bits per heavy atom. The molecule has 0 atom stereocenters. The van der Waals surface area contributed by atoms with Gasteiger partial charge in [-0.25, -0.2) is 13.9 Å². The second kappa shape index (κ2) is 8.58. The number of aromatic amines is 1. The molecule has 1 amide bonds. The van der Waals surface area contributed by atoms with E-state index in [1.165, 1.54) is 22.8 Å². The first-order chi connectivity index (χ1) is 15.3. The Bertz CT molecular complexity index is 1370. The molecule has 0 aliphatic heterocycles. The number of fused-ring (bicyclic) bond motifs is 1. The van der Waals surface area contributed by atoms with Gasteiger partial charge in [0, 0.05) is 49.7 Å². The van der Waals surface area contributed by atoms with Gasteiger partial charge in [-0.1, -0.05) is 25.4 Å². The quantitative estimate of drug-likeness (QED) is 0.465. The zero-order valence-corrected chi connectivity index (χ0v) is 18.6. The van der Waals surface area contributed by atoms with Gasteiger partial charge in [-0.15, -0.1) is 5.10 Å². The van der Waals surface area contributed by atoms with Crippen LogP contribution in [0.5, 0.6) is 0 Å². The number of halogens is 2. The number of aromatic nitrogens is 5. The number of hydrogen-bond donors (Lipinski definition) is 2. The molecule has 3 heterocycles. The number of hydrogen-bond acceptors (Lipinski definition) is 4. The predicted octanol–water partition coefficient (Wildman–Crippen LogP) is 3.31. The van der Waals surface area contributed by atoms with Crippen molar-refractivity contribution in [1.29, 1.82) is 0 Å². The summed E-state index contributed by atoms with van der Waals surface area (Å²) in [5.74, 6) is 0.0125. The molecule has 10 heteroatoms. The van der Waals surface area contributed by atoms with E-state index in [1.807, 2.05) is 31.7 Å². The smallest absolute Gasteiger partial charge is 0.275 e. The monoisotopic (exact) mass is 456 g/mol. The third-order valence-corrected chi connectivity index (χ3v) is 5.56. The predicted molar refractivity (Wildman–Crippen MR) is 120 cm³/mol. The molecule has 2 N–H and O–H groups in total. The lowest BCUT2D eigenvalue weighted by atomic mass is 10.00. The molecule has 8 nitrogen and oxygen atoms in total. The average molecular weight is 457 g/mol. The van der Waals surface area contributed by atoms with Crippen LogP contribution in [0.4, 0.5) is 4.39 Å². The van der Waals surface area contributed by atoms with Gasteiger partial charge in [0.25, 0.3) is 11.5 Å². The molecule has 0 aliphatic carbocycles. The number of carbonyl (C=O) groups is 1. The summed E-state index contributed by atoms with van der Waals surface area (Å²) >= 11 is 5.75. The van der Waals surface area contributed by atoms with Crippen molar-refractivity contribution in [2.75, 3.05) is 6.54 Å². The minimum atomic E-state index is -0.616. The van der Waals surface area contributed by atoms with Gasteiger partial charge in [-0.2, -0.15) is 0 Å². The van der Waals surface area contributed by atoms with Crippen molar-refractivity contribution in [3.63, 3.8) is 0 Å². The van der Waals surface area contributed by atoms with Crippen LogP contribution in [0.2, 0.25) is 5.02 Å². The van der Waals surface area contributed by atoms with E-state index in [1.54, 1.807) is 12.3 Å². The van der Waals surface area contributed by atoms with E-state index >= 15 is 0 Å². The minimum absolute atomic E-state index is 0.0234. The van der Waals surface area contributed by atoms with Crippen LogP contribution in [0.15, 0.2) is 41.6 Å². The second-order valence-corrected chi connectivity index (χ2v) is 8.20. The molecule has 0 saturated heterocycles. The molecule has 0 bridgehead atoms. The van der Waals surface area contributed by atoms with E-state index < -0.39 is 11.4 Å². The van der Waals surface area contributed by atoms with Crippen LogP contribution >= 0.6 is 11.6 Å². The molecule has 32 heavy (non-hydrogen) atoms. The zero-order chi connectivity index (χ0) is 23.0. The molecule has 4 rings (SSSR count). The van der Waals surface area contributed by atoms with Crippen molar-refractivity contribution >= 4 is 23.0 Å². The van der Waals surface area contributed by atoms with Crippen molar-refractivity contribution in [2.45, 2.75) is 26.2 Å². The van der Waals surface area contributed by atoms with Crippen molar-refractivity contribution in [3.8, 4) is 11.4 Å². The molecule has 0 radical (unpaired) electrons.